The van der Waals surface area contributed by atoms with Crippen molar-refractivity contribution in [2.45, 2.75) is 25.4 Å². The van der Waals surface area contributed by atoms with E-state index < -0.39 is 29.7 Å². The van der Waals surface area contributed by atoms with E-state index in [9.17, 15) is 24.0 Å². The number of amides is 4. The van der Waals surface area contributed by atoms with Crippen molar-refractivity contribution in [1.29, 1.82) is 0 Å². The van der Waals surface area contributed by atoms with E-state index in [1.807, 2.05) is 31.1 Å². The zero-order valence-electron chi connectivity index (χ0n) is 29.7. The number of nitrogens with one attached hydrogen (secondary N) is 3. The number of fused-ring (bicyclic) bond motifs is 2. The number of hydrogen-bond acceptors (Lipinski definition) is 12. The van der Waals surface area contributed by atoms with Gasteiger partial charge in [0.25, 0.3) is 17.4 Å². The van der Waals surface area contributed by atoms with Gasteiger partial charge in [0.15, 0.2) is 0 Å². The molecule has 1 atom stereocenters. The Balaban J connectivity index is 1.07. The summed E-state index contributed by atoms with van der Waals surface area (Å²) >= 11 is 0. The van der Waals surface area contributed by atoms with Crippen LogP contribution in [0.25, 0.3) is 21.9 Å². The molecule has 2 aliphatic rings. The van der Waals surface area contributed by atoms with Gasteiger partial charge >= 0.3 is 0 Å². The lowest BCUT2D eigenvalue weighted by atomic mass is 9.99. The van der Waals surface area contributed by atoms with Gasteiger partial charge in [0.1, 0.15) is 23.4 Å². The first-order valence-electron chi connectivity index (χ1n) is 16.8. The summed E-state index contributed by atoms with van der Waals surface area (Å²) in [5.74, 6) is -0.347. The summed E-state index contributed by atoms with van der Waals surface area (Å²) in [5, 5.41) is 9.75. The minimum atomic E-state index is -1.03. The van der Waals surface area contributed by atoms with Crippen molar-refractivity contribution >= 4 is 45.9 Å². The van der Waals surface area contributed by atoms with Gasteiger partial charge in [-0.05, 0) is 56.4 Å². The molecule has 0 spiro atoms. The monoisotopic (exact) mass is 711 g/mol. The van der Waals surface area contributed by atoms with E-state index in [4.69, 9.17) is 14.2 Å². The molecule has 52 heavy (non-hydrogen) atoms. The number of nitrogens with zero attached hydrogens (tertiary/aromatic N) is 4. The number of carbonyl (C=O) groups excluding carboxylic acids is 4. The molecule has 1 fully saturated rings. The predicted octanol–water partition coefficient (Wildman–Crippen LogP) is 2.62. The number of imide groups is 2. The SMILES string of the molecule is COc1cc(-c2cn(C)c(=O)c3cc(NCCOCCNc4cccc5c4C(=O)N(C4CCC(=O)NC4=O)C5=O)ncc23)cc(OC)c1CN(C)C. The number of aromatic nitrogens is 2. The fourth-order valence-corrected chi connectivity index (χ4v) is 6.57. The van der Waals surface area contributed by atoms with Crippen LogP contribution >= 0.6 is 0 Å². The first-order chi connectivity index (χ1) is 25.0. The molecule has 0 aliphatic carbocycles. The van der Waals surface area contributed by atoms with Gasteiger partial charge in [-0.15, -0.1) is 0 Å². The molecule has 0 radical (unpaired) electrons. The maximum Gasteiger partial charge on any atom is 0.264 e. The Bertz CT molecular complexity index is 2100. The molecule has 272 valence electrons. The summed E-state index contributed by atoms with van der Waals surface area (Å²) in [6.45, 7) is 2.00. The zero-order valence-corrected chi connectivity index (χ0v) is 29.7. The predicted molar refractivity (Wildman–Crippen MR) is 194 cm³/mol. The second-order valence-electron chi connectivity index (χ2n) is 12.8. The number of aryl methyl sites for hydroxylation is 1. The van der Waals surface area contributed by atoms with Crippen LogP contribution in [-0.4, -0.2) is 104 Å². The molecule has 0 saturated carbocycles. The summed E-state index contributed by atoms with van der Waals surface area (Å²) in [5.41, 5.74) is 3.23. The lowest BCUT2D eigenvalue weighted by molar-refractivity contribution is -0.136. The van der Waals surface area contributed by atoms with Crippen LogP contribution in [0.2, 0.25) is 0 Å². The largest absolute Gasteiger partial charge is 0.496 e. The molecule has 2 aromatic carbocycles. The molecule has 1 unspecified atom stereocenters. The van der Waals surface area contributed by atoms with Gasteiger partial charge in [0.2, 0.25) is 11.8 Å². The van der Waals surface area contributed by atoms with E-state index in [0.717, 1.165) is 21.6 Å². The average molecular weight is 712 g/mol. The molecule has 15 nitrogen and oxygen atoms in total. The number of ether oxygens (including phenoxy) is 3. The van der Waals surface area contributed by atoms with E-state index in [-0.39, 0.29) is 29.5 Å². The van der Waals surface area contributed by atoms with Gasteiger partial charge in [-0.25, -0.2) is 4.98 Å². The van der Waals surface area contributed by atoms with Gasteiger partial charge < -0.3 is 34.3 Å². The van der Waals surface area contributed by atoms with E-state index in [2.05, 4.69) is 20.9 Å². The maximum absolute atomic E-state index is 13.3. The summed E-state index contributed by atoms with van der Waals surface area (Å²) in [6, 6.07) is 9.47. The minimum absolute atomic E-state index is 0.0516. The number of methoxy groups -OCH3 is 2. The highest BCUT2D eigenvalue weighted by Crippen LogP contribution is 2.38. The van der Waals surface area contributed by atoms with Gasteiger partial charge in [-0.1, -0.05) is 6.07 Å². The first-order valence-corrected chi connectivity index (χ1v) is 16.8. The van der Waals surface area contributed by atoms with E-state index >= 15 is 0 Å². The standard InChI is InChI=1S/C37H41N7O8/c1-42(2)19-26-29(50-4)15-21(16-30(26)51-5)25-20-43(3)35(47)23-17-31(40-18-24(23)25)39-12-14-52-13-11-38-27-8-6-7-22-33(27)37(49)44(36(22)48)28-9-10-32(45)41-34(28)46/h6-8,15-18,20,28,38H,9-14,19H2,1-5H3,(H,39,40)(H,41,45,46). The van der Waals surface area contributed by atoms with Crippen molar-refractivity contribution in [2.24, 2.45) is 7.05 Å². The number of hydrogen-bond donors (Lipinski definition) is 3. The lowest BCUT2D eigenvalue weighted by Gasteiger charge is -2.27. The zero-order chi connectivity index (χ0) is 37.1. The number of rotatable bonds is 14. The van der Waals surface area contributed by atoms with Gasteiger partial charge in [0, 0.05) is 62.1 Å². The van der Waals surface area contributed by atoms with Crippen molar-refractivity contribution in [3.63, 3.8) is 0 Å². The molecular formula is C37H41N7O8. The average Bonchev–Trinajstić information content (AvgIpc) is 3.38. The summed E-state index contributed by atoms with van der Waals surface area (Å²) in [7, 11) is 8.90. The fourth-order valence-electron chi connectivity index (χ4n) is 6.57. The number of carbonyl (C=O) groups is 4. The normalized spacial score (nSPS) is 15.7. The summed E-state index contributed by atoms with van der Waals surface area (Å²) in [6.07, 6.45) is 3.60. The van der Waals surface area contributed by atoms with Crippen LogP contribution in [0.3, 0.4) is 0 Å². The smallest absolute Gasteiger partial charge is 0.264 e. The van der Waals surface area contributed by atoms with Gasteiger partial charge in [-0.3, -0.25) is 34.2 Å². The second kappa shape index (κ2) is 15.2. The minimum Gasteiger partial charge on any atom is -0.496 e. The highest BCUT2D eigenvalue weighted by molar-refractivity contribution is 6.25. The number of benzene rings is 2. The molecule has 1 saturated heterocycles. The van der Waals surface area contributed by atoms with Crippen molar-refractivity contribution < 1.29 is 33.4 Å². The molecule has 4 heterocycles. The van der Waals surface area contributed by atoms with Crippen LogP contribution in [0.15, 0.2) is 53.6 Å². The third-order valence-electron chi connectivity index (χ3n) is 9.04. The lowest BCUT2D eigenvalue weighted by Crippen LogP contribution is -2.54. The summed E-state index contributed by atoms with van der Waals surface area (Å²) in [4.78, 5) is 71.1. The van der Waals surface area contributed by atoms with Crippen LogP contribution in [0.4, 0.5) is 11.5 Å². The molecule has 4 aromatic rings. The van der Waals surface area contributed by atoms with Crippen LogP contribution in [0, 0.1) is 0 Å². The topological polar surface area (TPSA) is 173 Å². The highest BCUT2D eigenvalue weighted by atomic mass is 16.5. The molecular weight excluding hydrogens is 670 g/mol. The Hall–Kier alpha value is -5.80. The van der Waals surface area contributed by atoms with Crippen LogP contribution < -0.4 is 31.0 Å². The molecule has 2 aliphatic heterocycles. The molecule has 4 amide bonds. The molecule has 2 aromatic heterocycles. The van der Waals surface area contributed by atoms with Crippen LogP contribution in [-0.2, 0) is 27.9 Å². The van der Waals surface area contributed by atoms with Crippen LogP contribution in [0.5, 0.6) is 11.5 Å². The van der Waals surface area contributed by atoms with E-state index in [1.165, 1.54) is 0 Å². The molecule has 0 bridgehead atoms. The van der Waals surface area contributed by atoms with Crippen molar-refractivity contribution in [1.82, 2.24) is 24.7 Å². The fraction of sp³-hybridized carbons (Fsp3) is 0.351. The Morgan fingerprint density at radius 1 is 0.923 bits per heavy atom. The van der Waals surface area contributed by atoms with E-state index in [0.29, 0.717) is 66.6 Å². The van der Waals surface area contributed by atoms with Crippen LogP contribution in [0.1, 0.15) is 39.1 Å². The Kier molecular flexibility index (Phi) is 10.5. The molecule has 3 N–H and O–H groups in total. The third kappa shape index (κ3) is 7.05. The first kappa shape index (κ1) is 36.0. The quantitative estimate of drug-likeness (QED) is 0.129. The third-order valence-corrected chi connectivity index (χ3v) is 9.04. The number of pyridine rings is 2. The second-order valence-corrected chi connectivity index (χ2v) is 12.8. The van der Waals surface area contributed by atoms with Gasteiger partial charge in [-0.2, -0.15) is 0 Å². The van der Waals surface area contributed by atoms with Crippen molar-refractivity contribution in [2.75, 3.05) is 65.3 Å². The molecule has 6 rings (SSSR count). The summed E-state index contributed by atoms with van der Waals surface area (Å²) < 4.78 is 18.8. The van der Waals surface area contributed by atoms with E-state index in [1.54, 1.807) is 62.5 Å². The Morgan fingerprint density at radius 3 is 2.31 bits per heavy atom. The Morgan fingerprint density at radius 2 is 1.63 bits per heavy atom. The Labute approximate surface area is 299 Å². The highest BCUT2D eigenvalue weighted by Gasteiger charge is 2.45. The van der Waals surface area contributed by atoms with Gasteiger partial charge in [0.05, 0.1) is 49.5 Å². The van der Waals surface area contributed by atoms with Crippen molar-refractivity contribution in [3.8, 4) is 22.6 Å². The molecule has 15 heteroatoms. The number of piperidine rings is 1. The maximum atomic E-state index is 13.3. The van der Waals surface area contributed by atoms with Crippen molar-refractivity contribution in [3.05, 3.63) is 75.8 Å². The number of anilines is 2.